The van der Waals surface area contributed by atoms with Crippen molar-refractivity contribution < 1.29 is 23.9 Å². The lowest BCUT2D eigenvalue weighted by Gasteiger charge is -2.17. The maximum absolute atomic E-state index is 12.8. The Kier molecular flexibility index (Phi) is 7.48. The van der Waals surface area contributed by atoms with Crippen LogP contribution in [0.5, 0.6) is 11.5 Å². The quantitative estimate of drug-likeness (QED) is 0.571. The molecule has 2 aromatic rings. The van der Waals surface area contributed by atoms with Crippen LogP contribution in [0.3, 0.4) is 0 Å². The number of amides is 3. The van der Waals surface area contributed by atoms with E-state index in [4.69, 9.17) is 15.2 Å². The number of nitrogens with two attached hydrogens (primary N) is 1. The Labute approximate surface area is 181 Å². The van der Waals surface area contributed by atoms with E-state index in [1.165, 1.54) is 7.11 Å². The number of para-hydroxylation sites is 1. The molecule has 0 atom stereocenters. The van der Waals surface area contributed by atoms with Crippen LogP contribution in [0.15, 0.2) is 42.5 Å². The van der Waals surface area contributed by atoms with Crippen LogP contribution >= 0.6 is 0 Å². The first-order valence-corrected chi connectivity index (χ1v) is 10.3. The molecule has 31 heavy (non-hydrogen) atoms. The molecule has 0 heterocycles. The molecule has 164 valence electrons. The van der Waals surface area contributed by atoms with Gasteiger partial charge in [-0.1, -0.05) is 12.1 Å². The highest BCUT2D eigenvalue weighted by atomic mass is 16.5. The van der Waals surface area contributed by atoms with E-state index >= 15 is 0 Å². The molecular weight excluding hydrogens is 398 g/mol. The summed E-state index contributed by atoms with van der Waals surface area (Å²) in [6.45, 7) is 0.121. The first kappa shape index (κ1) is 22.1. The molecule has 0 spiro atoms. The summed E-state index contributed by atoms with van der Waals surface area (Å²) in [4.78, 5) is 36.1. The lowest BCUT2D eigenvalue weighted by Crippen LogP contribution is -2.28. The van der Waals surface area contributed by atoms with Gasteiger partial charge in [0, 0.05) is 18.5 Å². The summed E-state index contributed by atoms with van der Waals surface area (Å²) in [7, 11) is 1.53. The zero-order valence-electron chi connectivity index (χ0n) is 17.5. The Hall–Kier alpha value is -3.55. The third-order valence-corrected chi connectivity index (χ3v) is 5.10. The minimum Gasteiger partial charge on any atom is -0.493 e. The highest BCUT2D eigenvalue weighted by molar-refractivity contribution is 6.09. The molecule has 0 aliphatic heterocycles. The monoisotopic (exact) mass is 425 g/mol. The minimum atomic E-state index is -0.504. The van der Waals surface area contributed by atoms with Crippen molar-refractivity contribution in [3.05, 3.63) is 53.6 Å². The second kappa shape index (κ2) is 10.5. The summed E-state index contributed by atoms with van der Waals surface area (Å²) in [5.41, 5.74) is 6.11. The van der Waals surface area contributed by atoms with E-state index in [1.54, 1.807) is 42.5 Å². The Morgan fingerprint density at radius 1 is 1.03 bits per heavy atom. The van der Waals surface area contributed by atoms with Crippen molar-refractivity contribution in [3.8, 4) is 11.5 Å². The Bertz CT molecular complexity index is 954. The van der Waals surface area contributed by atoms with Crippen LogP contribution < -0.4 is 25.8 Å². The number of benzene rings is 2. The van der Waals surface area contributed by atoms with Crippen molar-refractivity contribution in [1.29, 1.82) is 0 Å². The fourth-order valence-electron chi connectivity index (χ4n) is 3.47. The number of primary amides is 1. The molecule has 0 radical (unpaired) electrons. The van der Waals surface area contributed by atoms with Gasteiger partial charge in [0.2, 0.25) is 5.91 Å². The fourth-order valence-corrected chi connectivity index (χ4v) is 3.47. The molecule has 4 N–H and O–H groups in total. The number of rotatable bonds is 9. The largest absolute Gasteiger partial charge is 0.493 e. The van der Waals surface area contributed by atoms with E-state index in [2.05, 4.69) is 10.6 Å². The summed E-state index contributed by atoms with van der Waals surface area (Å²) in [5.74, 6) is -0.202. The molecule has 3 amide bonds. The molecule has 1 saturated carbocycles. The number of anilines is 1. The van der Waals surface area contributed by atoms with E-state index in [0.29, 0.717) is 22.7 Å². The van der Waals surface area contributed by atoms with Gasteiger partial charge in [0.05, 0.1) is 24.5 Å². The normalized spacial score (nSPS) is 13.5. The summed E-state index contributed by atoms with van der Waals surface area (Å²) < 4.78 is 11.4. The number of methoxy groups -OCH3 is 1. The maximum Gasteiger partial charge on any atom is 0.255 e. The maximum atomic E-state index is 12.8. The van der Waals surface area contributed by atoms with Gasteiger partial charge in [-0.15, -0.1) is 0 Å². The second-order valence-electron chi connectivity index (χ2n) is 7.36. The predicted octanol–water partition coefficient (Wildman–Crippen LogP) is 2.87. The van der Waals surface area contributed by atoms with Gasteiger partial charge < -0.3 is 25.8 Å². The Morgan fingerprint density at radius 3 is 2.48 bits per heavy atom. The van der Waals surface area contributed by atoms with Crippen molar-refractivity contribution in [2.45, 2.75) is 38.2 Å². The molecule has 2 aromatic carbocycles. The van der Waals surface area contributed by atoms with Crippen molar-refractivity contribution in [1.82, 2.24) is 5.32 Å². The number of hydrogen-bond donors (Lipinski definition) is 3. The lowest BCUT2D eigenvalue weighted by atomic mass is 10.1. The highest BCUT2D eigenvalue weighted by Gasteiger charge is 2.20. The van der Waals surface area contributed by atoms with E-state index in [0.717, 1.165) is 25.7 Å². The van der Waals surface area contributed by atoms with Crippen molar-refractivity contribution >= 4 is 23.4 Å². The summed E-state index contributed by atoms with van der Waals surface area (Å²) in [5, 5.41) is 5.38. The van der Waals surface area contributed by atoms with Crippen LogP contribution in [0.4, 0.5) is 5.69 Å². The zero-order valence-corrected chi connectivity index (χ0v) is 17.5. The van der Waals surface area contributed by atoms with Crippen LogP contribution in [-0.2, 0) is 4.79 Å². The third-order valence-electron chi connectivity index (χ3n) is 5.10. The number of nitrogens with one attached hydrogen (secondary N) is 2. The number of ether oxygens (including phenoxy) is 2. The van der Waals surface area contributed by atoms with Gasteiger partial charge in [0.25, 0.3) is 11.8 Å². The van der Waals surface area contributed by atoms with Gasteiger partial charge >= 0.3 is 0 Å². The van der Waals surface area contributed by atoms with Gasteiger partial charge in [0.15, 0.2) is 11.5 Å². The van der Waals surface area contributed by atoms with Crippen molar-refractivity contribution in [2.75, 3.05) is 19.0 Å². The smallest absolute Gasteiger partial charge is 0.255 e. The summed E-state index contributed by atoms with van der Waals surface area (Å²) in [6, 6.07) is 11.6. The van der Waals surface area contributed by atoms with E-state index in [-0.39, 0.29) is 30.5 Å². The molecule has 8 heteroatoms. The lowest BCUT2D eigenvalue weighted by molar-refractivity contribution is -0.117. The second-order valence-corrected chi connectivity index (χ2v) is 7.36. The van der Waals surface area contributed by atoms with Crippen LogP contribution in [0, 0.1) is 0 Å². The fraction of sp³-hybridized carbons (Fsp3) is 0.348. The van der Waals surface area contributed by atoms with Gasteiger partial charge in [0.1, 0.15) is 0 Å². The molecule has 0 unspecified atom stereocenters. The summed E-state index contributed by atoms with van der Waals surface area (Å²) >= 11 is 0. The van der Waals surface area contributed by atoms with Gasteiger partial charge in [-0.3, -0.25) is 14.4 Å². The zero-order chi connectivity index (χ0) is 22.2. The molecular formula is C23H27N3O5. The van der Waals surface area contributed by atoms with Gasteiger partial charge in [-0.25, -0.2) is 0 Å². The number of hydrogen-bond acceptors (Lipinski definition) is 5. The van der Waals surface area contributed by atoms with E-state index < -0.39 is 11.8 Å². The summed E-state index contributed by atoms with van der Waals surface area (Å²) in [6.07, 6.45) is 4.56. The van der Waals surface area contributed by atoms with Crippen molar-refractivity contribution in [3.63, 3.8) is 0 Å². The Balaban J connectivity index is 1.71. The average molecular weight is 425 g/mol. The molecule has 0 saturated heterocycles. The molecule has 1 fully saturated rings. The van der Waals surface area contributed by atoms with Gasteiger partial charge in [-0.05, 0) is 56.0 Å². The van der Waals surface area contributed by atoms with Crippen LogP contribution in [0.1, 0.15) is 52.8 Å². The molecule has 0 bridgehead atoms. The third kappa shape index (κ3) is 5.97. The van der Waals surface area contributed by atoms with E-state index in [9.17, 15) is 14.4 Å². The minimum absolute atomic E-state index is 0.0370. The number of carbonyl (C=O) groups is 3. The topological polar surface area (TPSA) is 120 Å². The molecule has 3 rings (SSSR count). The predicted molar refractivity (Wildman–Crippen MR) is 116 cm³/mol. The van der Waals surface area contributed by atoms with Crippen molar-refractivity contribution in [2.24, 2.45) is 5.73 Å². The molecule has 1 aliphatic rings. The standard InChI is InChI=1S/C23H27N3O5/c1-30-20-14-15(10-11-19(20)31-16-6-2-3-7-16)22(28)26-18-9-5-4-8-17(18)23(29)25-13-12-21(24)27/h4-5,8-11,14,16H,2-3,6-7,12-13H2,1H3,(H2,24,27)(H,25,29)(H,26,28). The molecule has 8 nitrogen and oxygen atoms in total. The number of carbonyl (C=O) groups excluding carboxylic acids is 3. The Morgan fingerprint density at radius 2 is 1.77 bits per heavy atom. The van der Waals surface area contributed by atoms with Gasteiger partial charge in [-0.2, -0.15) is 0 Å². The molecule has 0 aromatic heterocycles. The average Bonchev–Trinajstić information content (AvgIpc) is 3.27. The van der Waals surface area contributed by atoms with Crippen LogP contribution in [0.25, 0.3) is 0 Å². The first-order valence-electron chi connectivity index (χ1n) is 10.3. The molecule has 1 aliphatic carbocycles. The van der Waals surface area contributed by atoms with Crippen LogP contribution in [-0.4, -0.2) is 37.5 Å². The van der Waals surface area contributed by atoms with Crippen LogP contribution in [0.2, 0.25) is 0 Å². The SMILES string of the molecule is COc1cc(C(=O)Nc2ccccc2C(=O)NCCC(N)=O)ccc1OC1CCCC1. The first-order chi connectivity index (χ1) is 15.0. The van der Waals surface area contributed by atoms with E-state index in [1.807, 2.05) is 0 Å². The highest BCUT2D eigenvalue weighted by Crippen LogP contribution is 2.32.